The smallest absolute Gasteiger partial charge is 0.191 e. The zero-order valence-corrected chi connectivity index (χ0v) is 15.3. The molecule has 0 amide bonds. The number of fused-ring (bicyclic) bond motifs is 1. The predicted octanol–water partition coefficient (Wildman–Crippen LogP) is 2.57. The number of guanidine groups is 1. The fourth-order valence-electron chi connectivity index (χ4n) is 3.16. The van der Waals surface area contributed by atoms with Gasteiger partial charge in [0.1, 0.15) is 5.82 Å². The van der Waals surface area contributed by atoms with E-state index in [0.717, 1.165) is 37.1 Å². The van der Waals surface area contributed by atoms with Crippen LogP contribution in [0.1, 0.15) is 49.0 Å². The number of nitrogens with zero attached hydrogens (tertiary/aromatic N) is 4. The number of aromatic nitrogens is 3. The second-order valence-corrected chi connectivity index (χ2v) is 6.53. The van der Waals surface area contributed by atoms with Gasteiger partial charge in [0.2, 0.25) is 0 Å². The largest absolute Gasteiger partial charge is 0.357 e. The van der Waals surface area contributed by atoms with E-state index < -0.39 is 0 Å². The molecule has 0 aliphatic carbocycles. The standard InChI is InChI=1S/C19H28N6/c1-3-20-19(21-13-16-9-7-8-15(2)12-16)22-14-18-24-23-17-10-5-4-6-11-25(17)18/h7-9,12H,3-6,10-11,13-14H2,1-2H3,(H2,20,21,22). The average Bonchev–Trinajstić information content (AvgIpc) is 2.84. The van der Waals surface area contributed by atoms with Gasteiger partial charge in [-0.15, -0.1) is 10.2 Å². The van der Waals surface area contributed by atoms with Crippen molar-refractivity contribution in [3.8, 4) is 0 Å². The Kier molecular flexibility index (Phi) is 6.04. The molecule has 1 aliphatic rings. The minimum atomic E-state index is 0.645. The fraction of sp³-hybridized carbons (Fsp3) is 0.526. The normalized spacial score (nSPS) is 14.7. The molecule has 2 N–H and O–H groups in total. The molecule has 0 fully saturated rings. The zero-order valence-electron chi connectivity index (χ0n) is 15.3. The third-order valence-electron chi connectivity index (χ3n) is 4.45. The van der Waals surface area contributed by atoms with Gasteiger partial charge in [-0.1, -0.05) is 36.2 Å². The second-order valence-electron chi connectivity index (χ2n) is 6.53. The lowest BCUT2D eigenvalue weighted by molar-refractivity contribution is 0.596. The van der Waals surface area contributed by atoms with Crippen LogP contribution in [-0.2, 0) is 26.1 Å². The van der Waals surface area contributed by atoms with Crippen LogP contribution in [0, 0.1) is 6.92 Å². The number of rotatable bonds is 5. The molecule has 25 heavy (non-hydrogen) atoms. The zero-order chi connectivity index (χ0) is 17.5. The minimum Gasteiger partial charge on any atom is -0.357 e. The van der Waals surface area contributed by atoms with Crippen molar-refractivity contribution in [3.05, 3.63) is 47.0 Å². The van der Waals surface area contributed by atoms with Crippen LogP contribution in [0.2, 0.25) is 0 Å². The van der Waals surface area contributed by atoms with E-state index in [1.807, 2.05) is 0 Å². The van der Waals surface area contributed by atoms with Crippen molar-refractivity contribution in [2.75, 3.05) is 6.54 Å². The average molecular weight is 340 g/mol. The van der Waals surface area contributed by atoms with E-state index in [0.29, 0.717) is 13.1 Å². The molecule has 0 saturated heterocycles. The number of hydrogen-bond donors (Lipinski definition) is 2. The minimum absolute atomic E-state index is 0.645. The molecule has 0 saturated carbocycles. The lowest BCUT2D eigenvalue weighted by atomic mass is 10.1. The van der Waals surface area contributed by atoms with Crippen LogP contribution in [0.5, 0.6) is 0 Å². The molecule has 6 nitrogen and oxygen atoms in total. The summed E-state index contributed by atoms with van der Waals surface area (Å²) in [5.41, 5.74) is 2.48. The van der Waals surface area contributed by atoms with Crippen LogP contribution in [0.4, 0.5) is 0 Å². The fourth-order valence-corrected chi connectivity index (χ4v) is 3.16. The van der Waals surface area contributed by atoms with Gasteiger partial charge in [0.15, 0.2) is 11.8 Å². The van der Waals surface area contributed by atoms with Crippen molar-refractivity contribution < 1.29 is 0 Å². The Hall–Kier alpha value is -2.37. The molecule has 2 aromatic rings. The van der Waals surface area contributed by atoms with Crippen molar-refractivity contribution in [1.29, 1.82) is 0 Å². The number of aliphatic imine (C=N–C) groups is 1. The first-order valence-corrected chi connectivity index (χ1v) is 9.25. The van der Waals surface area contributed by atoms with Gasteiger partial charge in [-0.2, -0.15) is 0 Å². The quantitative estimate of drug-likeness (QED) is 0.648. The van der Waals surface area contributed by atoms with Gasteiger partial charge in [-0.3, -0.25) is 0 Å². The third-order valence-corrected chi connectivity index (χ3v) is 4.45. The Balaban J connectivity index is 1.64. The van der Waals surface area contributed by atoms with Crippen LogP contribution in [0.25, 0.3) is 0 Å². The molecule has 1 aromatic carbocycles. The molecular weight excluding hydrogens is 312 g/mol. The van der Waals surface area contributed by atoms with Crippen LogP contribution in [0.3, 0.4) is 0 Å². The Morgan fingerprint density at radius 3 is 2.96 bits per heavy atom. The molecule has 0 atom stereocenters. The van der Waals surface area contributed by atoms with Crippen molar-refractivity contribution in [2.45, 2.75) is 59.2 Å². The Bertz CT molecular complexity index is 718. The van der Waals surface area contributed by atoms with Crippen LogP contribution in [0.15, 0.2) is 29.3 Å². The summed E-state index contributed by atoms with van der Waals surface area (Å²) in [4.78, 5) is 4.69. The number of nitrogens with one attached hydrogen (secondary N) is 2. The molecule has 0 spiro atoms. The van der Waals surface area contributed by atoms with Crippen molar-refractivity contribution in [2.24, 2.45) is 4.99 Å². The van der Waals surface area contributed by atoms with E-state index in [9.17, 15) is 0 Å². The molecule has 0 bridgehead atoms. The monoisotopic (exact) mass is 340 g/mol. The maximum absolute atomic E-state index is 4.69. The van der Waals surface area contributed by atoms with Gasteiger partial charge in [0.25, 0.3) is 0 Å². The summed E-state index contributed by atoms with van der Waals surface area (Å²) in [6.07, 6.45) is 4.73. The van der Waals surface area contributed by atoms with E-state index >= 15 is 0 Å². The van der Waals surface area contributed by atoms with Gasteiger partial charge >= 0.3 is 0 Å². The summed E-state index contributed by atoms with van der Waals surface area (Å²) >= 11 is 0. The van der Waals surface area contributed by atoms with Gasteiger partial charge in [-0.05, 0) is 32.3 Å². The SMILES string of the molecule is CCNC(=NCc1cccc(C)c1)NCc1nnc2n1CCCCC2. The van der Waals surface area contributed by atoms with Crippen molar-refractivity contribution in [1.82, 2.24) is 25.4 Å². The number of benzene rings is 1. The highest BCUT2D eigenvalue weighted by molar-refractivity contribution is 5.79. The van der Waals surface area contributed by atoms with E-state index in [4.69, 9.17) is 4.99 Å². The first kappa shape index (κ1) is 17.5. The molecule has 2 heterocycles. The molecule has 3 rings (SSSR count). The third kappa shape index (κ3) is 4.81. The first-order chi connectivity index (χ1) is 12.3. The molecule has 6 heteroatoms. The van der Waals surface area contributed by atoms with E-state index in [1.54, 1.807) is 0 Å². The van der Waals surface area contributed by atoms with E-state index in [-0.39, 0.29) is 0 Å². The van der Waals surface area contributed by atoms with Crippen LogP contribution >= 0.6 is 0 Å². The number of hydrogen-bond acceptors (Lipinski definition) is 3. The van der Waals surface area contributed by atoms with Gasteiger partial charge in [0, 0.05) is 19.5 Å². The Labute approximate surface area is 149 Å². The van der Waals surface area contributed by atoms with E-state index in [1.165, 1.54) is 30.4 Å². The summed E-state index contributed by atoms with van der Waals surface area (Å²) in [6.45, 7) is 7.34. The summed E-state index contributed by atoms with van der Waals surface area (Å²) in [5.74, 6) is 2.93. The topological polar surface area (TPSA) is 67.1 Å². The van der Waals surface area contributed by atoms with Gasteiger partial charge in [0.05, 0.1) is 13.1 Å². The van der Waals surface area contributed by atoms with Crippen LogP contribution in [-0.4, -0.2) is 27.3 Å². The maximum Gasteiger partial charge on any atom is 0.191 e. The lowest BCUT2D eigenvalue weighted by Crippen LogP contribution is -2.37. The highest BCUT2D eigenvalue weighted by Crippen LogP contribution is 2.14. The molecule has 0 radical (unpaired) electrons. The summed E-state index contributed by atoms with van der Waals surface area (Å²) in [7, 11) is 0. The van der Waals surface area contributed by atoms with Gasteiger partial charge in [-0.25, -0.2) is 4.99 Å². The van der Waals surface area contributed by atoms with Crippen molar-refractivity contribution >= 4 is 5.96 Å². The second kappa shape index (κ2) is 8.65. The van der Waals surface area contributed by atoms with E-state index in [2.05, 4.69) is 63.5 Å². The molecule has 134 valence electrons. The molecular formula is C19H28N6. The summed E-state index contributed by atoms with van der Waals surface area (Å²) in [6, 6.07) is 8.46. The Morgan fingerprint density at radius 1 is 1.20 bits per heavy atom. The molecule has 1 aromatic heterocycles. The maximum atomic E-state index is 4.69. The first-order valence-electron chi connectivity index (χ1n) is 9.25. The summed E-state index contributed by atoms with van der Waals surface area (Å²) < 4.78 is 2.27. The van der Waals surface area contributed by atoms with Crippen molar-refractivity contribution in [3.63, 3.8) is 0 Å². The number of aryl methyl sites for hydroxylation is 2. The van der Waals surface area contributed by atoms with Gasteiger partial charge < -0.3 is 15.2 Å². The highest BCUT2D eigenvalue weighted by Gasteiger charge is 2.14. The molecule has 0 unspecified atom stereocenters. The Morgan fingerprint density at radius 2 is 2.12 bits per heavy atom. The molecule has 1 aliphatic heterocycles. The predicted molar refractivity (Wildman–Crippen MR) is 100 cm³/mol. The lowest BCUT2D eigenvalue weighted by Gasteiger charge is -2.12. The highest BCUT2D eigenvalue weighted by atomic mass is 15.3. The summed E-state index contributed by atoms with van der Waals surface area (Å²) in [5, 5.41) is 15.4. The van der Waals surface area contributed by atoms with Crippen LogP contribution < -0.4 is 10.6 Å².